The minimum absolute atomic E-state index is 0.151. The zero-order valence-corrected chi connectivity index (χ0v) is 18.1. The molecule has 2 aromatic heterocycles. The molecule has 2 heterocycles. The highest BCUT2D eigenvalue weighted by Gasteiger charge is 2.16. The van der Waals surface area contributed by atoms with Gasteiger partial charge in [0.2, 0.25) is 0 Å². The zero-order valence-electron chi connectivity index (χ0n) is 16.5. The van der Waals surface area contributed by atoms with Gasteiger partial charge in [0.15, 0.2) is 17.4 Å². The molecule has 0 saturated heterocycles. The molecule has 7 nitrogen and oxygen atoms in total. The van der Waals surface area contributed by atoms with Gasteiger partial charge in [-0.2, -0.15) is 0 Å². The number of hydrogen-bond acceptors (Lipinski definition) is 8. The summed E-state index contributed by atoms with van der Waals surface area (Å²) in [6.07, 6.45) is 0. The van der Waals surface area contributed by atoms with Gasteiger partial charge in [-0.15, -0.1) is 22.7 Å². The van der Waals surface area contributed by atoms with Crippen LogP contribution in [0.4, 0.5) is 15.8 Å². The second-order valence-electron chi connectivity index (χ2n) is 6.25. The molecule has 0 aliphatic rings. The lowest BCUT2D eigenvalue weighted by atomic mass is 10.2. The van der Waals surface area contributed by atoms with Crippen molar-refractivity contribution < 1.29 is 19.1 Å². The third-order valence-corrected chi connectivity index (χ3v) is 6.31. The molecule has 2 N–H and O–H groups in total. The maximum absolute atomic E-state index is 12.2. The van der Waals surface area contributed by atoms with Crippen LogP contribution in [0.15, 0.2) is 29.6 Å². The van der Waals surface area contributed by atoms with E-state index in [1.165, 1.54) is 22.7 Å². The summed E-state index contributed by atoms with van der Waals surface area (Å²) in [5.74, 6) is -0.274. The molecule has 1 amide bonds. The normalized spacial score (nSPS) is 10.5. The van der Waals surface area contributed by atoms with E-state index in [0.717, 1.165) is 32.4 Å². The average molecular weight is 432 g/mol. The SMILES string of the molecule is COc1ccc(Nc2nc(C(=O)OCC(=O)Nc3sc(C)c(C)c3C)cs2)cc1. The third-order valence-electron chi connectivity index (χ3n) is 4.33. The minimum atomic E-state index is -0.644. The van der Waals surface area contributed by atoms with Crippen LogP contribution in [0.2, 0.25) is 0 Å². The number of anilines is 3. The quantitative estimate of drug-likeness (QED) is 0.528. The van der Waals surface area contributed by atoms with Crippen LogP contribution >= 0.6 is 22.7 Å². The monoisotopic (exact) mass is 431 g/mol. The number of aromatic nitrogens is 1. The number of nitrogens with one attached hydrogen (secondary N) is 2. The Morgan fingerprint density at radius 3 is 2.45 bits per heavy atom. The Morgan fingerprint density at radius 2 is 1.83 bits per heavy atom. The number of amides is 1. The number of esters is 1. The highest BCUT2D eigenvalue weighted by molar-refractivity contribution is 7.16. The number of benzene rings is 1. The van der Waals surface area contributed by atoms with Crippen LogP contribution in [-0.2, 0) is 9.53 Å². The Morgan fingerprint density at radius 1 is 1.10 bits per heavy atom. The molecule has 0 unspecified atom stereocenters. The molecule has 29 heavy (non-hydrogen) atoms. The Bertz CT molecular complexity index is 1030. The lowest BCUT2D eigenvalue weighted by Gasteiger charge is -2.05. The molecule has 0 radical (unpaired) electrons. The molecule has 3 rings (SSSR count). The van der Waals surface area contributed by atoms with Crippen LogP contribution < -0.4 is 15.4 Å². The molecule has 0 aliphatic carbocycles. The molecule has 9 heteroatoms. The van der Waals surface area contributed by atoms with Gasteiger partial charge in [0.25, 0.3) is 5.91 Å². The first-order valence-corrected chi connectivity index (χ1v) is 10.5. The van der Waals surface area contributed by atoms with E-state index in [-0.39, 0.29) is 18.2 Å². The molecule has 0 fully saturated rings. The van der Waals surface area contributed by atoms with Crippen molar-refractivity contribution in [2.45, 2.75) is 20.8 Å². The predicted octanol–water partition coefficient (Wildman–Crippen LogP) is 4.68. The number of thiophene rings is 1. The summed E-state index contributed by atoms with van der Waals surface area (Å²) in [4.78, 5) is 29.6. The number of carbonyl (C=O) groups is 2. The van der Waals surface area contributed by atoms with Crippen molar-refractivity contribution in [3.05, 3.63) is 51.3 Å². The van der Waals surface area contributed by atoms with Crippen molar-refractivity contribution in [3.8, 4) is 5.75 Å². The number of aryl methyl sites for hydroxylation is 1. The summed E-state index contributed by atoms with van der Waals surface area (Å²) in [7, 11) is 1.60. The van der Waals surface area contributed by atoms with Crippen LogP contribution in [0.5, 0.6) is 5.75 Å². The van der Waals surface area contributed by atoms with Gasteiger partial charge < -0.3 is 20.1 Å². The number of nitrogens with zero attached hydrogens (tertiary/aromatic N) is 1. The van der Waals surface area contributed by atoms with Gasteiger partial charge >= 0.3 is 5.97 Å². The smallest absolute Gasteiger partial charge is 0.358 e. The second kappa shape index (κ2) is 9.06. The summed E-state index contributed by atoms with van der Waals surface area (Å²) in [6, 6.07) is 7.33. The lowest BCUT2D eigenvalue weighted by molar-refractivity contribution is -0.119. The molecule has 0 atom stereocenters. The number of carbonyl (C=O) groups excluding carboxylic acids is 2. The van der Waals surface area contributed by atoms with Crippen molar-refractivity contribution in [3.63, 3.8) is 0 Å². The number of methoxy groups -OCH3 is 1. The highest BCUT2D eigenvalue weighted by Crippen LogP contribution is 2.31. The van der Waals surface area contributed by atoms with Crippen molar-refractivity contribution >= 4 is 50.4 Å². The summed E-state index contributed by atoms with van der Waals surface area (Å²) < 4.78 is 10.2. The summed E-state index contributed by atoms with van der Waals surface area (Å²) in [6.45, 7) is 5.60. The van der Waals surface area contributed by atoms with Crippen LogP contribution in [0.3, 0.4) is 0 Å². The molecule has 0 saturated carbocycles. The maximum atomic E-state index is 12.2. The summed E-state index contributed by atoms with van der Waals surface area (Å²) >= 11 is 2.78. The standard InChI is InChI=1S/C20H21N3O4S2/c1-11-12(2)18(29-13(11)3)23-17(24)9-27-19(25)16-10-28-20(22-16)21-14-5-7-15(26-4)8-6-14/h5-8,10H,9H2,1-4H3,(H,21,22)(H,23,24). The Kier molecular flexibility index (Phi) is 6.50. The number of hydrogen-bond donors (Lipinski definition) is 2. The Labute approximate surface area is 176 Å². The molecule has 0 aliphatic heterocycles. The van der Waals surface area contributed by atoms with Crippen LogP contribution in [0.1, 0.15) is 26.5 Å². The van der Waals surface area contributed by atoms with Crippen molar-refractivity contribution in [2.75, 3.05) is 24.4 Å². The van der Waals surface area contributed by atoms with Gasteiger partial charge in [-0.3, -0.25) is 4.79 Å². The third kappa shape index (κ3) is 5.12. The van der Waals surface area contributed by atoms with Gasteiger partial charge in [-0.25, -0.2) is 9.78 Å². The highest BCUT2D eigenvalue weighted by atomic mass is 32.1. The molecular weight excluding hydrogens is 410 g/mol. The molecule has 1 aromatic carbocycles. The van der Waals surface area contributed by atoms with E-state index in [1.807, 2.05) is 45.0 Å². The first kappa shape index (κ1) is 20.8. The lowest BCUT2D eigenvalue weighted by Crippen LogP contribution is -2.21. The fraction of sp³-hybridized carbons (Fsp3) is 0.250. The molecule has 0 spiro atoms. The van der Waals surface area contributed by atoms with E-state index in [2.05, 4.69) is 15.6 Å². The van der Waals surface area contributed by atoms with Gasteiger partial charge in [0.05, 0.1) is 12.1 Å². The average Bonchev–Trinajstić information content (AvgIpc) is 3.27. The van der Waals surface area contributed by atoms with Crippen molar-refractivity contribution in [1.82, 2.24) is 4.98 Å². The first-order chi connectivity index (χ1) is 13.9. The predicted molar refractivity (Wildman–Crippen MR) is 116 cm³/mol. The van der Waals surface area contributed by atoms with Crippen LogP contribution in [0.25, 0.3) is 0 Å². The van der Waals surface area contributed by atoms with Crippen LogP contribution in [0, 0.1) is 20.8 Å². The van der Waals surface area contributed by atoms with E-state index in [4.69, 9.17) is 9.47 Å². The van der Waals surface area contributed by atoms with Gasteiger partial charge in [-0.1, -0.05) is 0 Å². The van der Waals surface area contributed by atoms with Crippen molar-refractivity contribution in [2.24, 2.45) is 0 Å². The van der Waals surface area contributed by atoms with E-state index >= 15 is 0 Å². The maximum Gasteiger partial charge on any atom is 0.358 e. The van der Waals surface area contributed by atoms with E-state index in [9.17, 15) is 9.59 Å². The summed E-state index contributed by atoms with van der Waals surface area (Å²) in [5.41, 5.74) is 3.15. The van der Waals surface area contributed by atoms with Gasteiger partial charge in [0.1, 0.15) is 5.75 Å². The fourth-order valence-electron chi connectivity index (χ4n) is 2.45. The molecule has 3 aromatic rings. The number of thiazole rings is 1. The fourth-order valence-corrected chi connectivity index (χ4v) is 4.23. The molecule has 152 valence electrons. The topological polar surface area (TPSA) is 89.6 Å². The number of rotatable bonds is 7. The summed E-state index contributed by atoms with van der Waals surface area (Å²) in [5, 5.41) is 8.81. The first-order valence-electron chi connectivity index (χ1n) is 8.77. The van der Waals surface area contributed by atoms with Crippen LogP contribution in [-0.4, -0.2) is 30.6 Å². The van der Waals surface area contributed by atoms with E-state index in [1.54, 1.807) is 12.5 Å². The largest absolute Gasteiger partial charge is 0.497 e. The van der Waals surface area contributed by atoms with Gasteiger partial charge in [0, 0.05) is 15.9 Å². The zero-order chi connectivity index (χ0) is 21.0. The van der Waals surface area contributed by atoms with E-state index < -0.39 is 5.97 Å². The minimum Gasteiger partial charge on any atom is -0.497 e. The van der Waals surface area contributed by atoms with Crippen molar-refractivity contribution in [1.29, 1.82) is 0 Å². The van der Waals surface area contributed by atoms with Gasteiger partial charge in [-0.05, 0) is 56.2 Å². The second-order valence-corrected chi connectivity index (χ2v) is 8.34. The Hall–Kier alpha value is -2.91. The molecule has 0 bridgehead atoms. The van der Waals surface area contributed by atoms with E-state index in [0.29, 0.717) is 5.13 Å². The molecular formula is C20H21N3O4S2. The number of ether oxygens (including phenoxy) is 2. The Balaban J connectivity index is 1.53.